The molecule has 0 radical (unpaired) electrons. The lowest BCUT2D eigenvalue weighted by Crippen LogP contribution is -2.39. The van der Waals surface area contributed by atoms with Crippen LogP contribution in [0.1, 0.15) is 23.4 Å². The maximum absolute atomic E-state index is 12.7. The second kappa shape index (κ2) is 8.61. The molecular formula is C18H23Cl3N4O. The summed E-state index contributed by atoms with van der Waals surface area (Å²) >= 11 is 12.1. The molecule has 2 aromatic rings. The predicted octanol–water partition coefficient (Wildman–Crippen LogP) is 3.58. The maximum atomic E-state index is 12.7. The minimum atomic E-state index is 0. The fourth-order valence-corrected chi connectivity index (χ4v) is 3.54. The van der Waals surface area contributed by atoms with Crippen molar-refractivity contribution in [3.8, 4) is 5.69 Å². The van der Waals surface area contributed by atoms with Gasteiger partial charge in [-0.3, -0.25) is 4.79 Å². The van der Waals surface area contributed by atoms with E-state index in [1.54, 1.807) is 12.1 Å². The van der Waals surface area contributed by atoms with Crippen LogP contribution in [0.2, 0.25) is 10.0 Å². The molecule has 2 heterocycles. The number of nitrogens with zero attached hydrogens (tertiary/aromatic N) is 3. The first-order chi connectivity index (χ1) is 11.9. The van der Waals surface area contributed by atoms with E-state index in [0.717, 1.165) is 42.1 Å². The molecule has 0 saturated carbocycles. The van der Waals surface area contributed by atoms with Crippen molar-refractivity contribution >= 4 is 41.5 Å². The summed E-state index contributed by atoms with van der Waals surface area (Å²) in [5.74, 6) is 0.119. The molecule has 1 fully saturated rings. The van der Waals surface area contributed by atoms with Crippen molar-refractivity contribution in [1.82, 2.24) is 20.0 Å². The van der Waals surface area contributed by atoms with E-state index in [1.807, 2.05) is 36.5 Å². The Morgan fingerprint density at radius 1 is 1.35 bits per heavy atom. The number of carbonyl (C=O) groups is 1. The topological polar surface area (TPSA) is 50.2 Å². The first-order valence-electron chi connectivity index (χ1n) is 8.35. The second-order valence-corrected chi connectivity index (χ2v) is 7.30. The Morgan fingerprint density at radius 2 is 2.08 bits per heavy atom. The molecule has 3 rings (SSSR count). The predicted molar refractivity (Wildman–Crippen MR) is 108 cm³/mol. The molecule has 8 heteroatoms. The number of rotatable bonds is 4. The molecule has 1 unspecified atom stereocenters. The number of halogens is 3. The summed E-state index contributed by atoms with van der Waals surface area (Å²) in [5.41, 5.74) is 3.60. The van der Waals surface area contributed by atoms with E-state index >= 15 is 0 Å². The van der Waals surface area contributed by atoms with E-state index in [1.165, 1.54) is 0 Å². The van der Waals surface area contributed by atoms with Crippen molar-refractivity contribution in [2.45, 2.75) is 32.7 Å². The van der Waals surface area contributed by atoms with Gasteiger partial charge in [0.05, 0.1) is 27.8 Å². The zero-order chi connectivity index (χ0) is 18.1. The standard InChI is InChI=1S/C18H22Cl2N4O.ClH/c1-11-15(9-18(25)23(3)14-6-7-21-10-14)12(2)24(22-11)13-4-5-16(19)17(20)8-13;/h4-5,8,14,21H,6-7,9-10H2,1-3H3;1H. The number of likely N-dealkylation sites (N-methyl/N-ethyl adjacent to an activating group) is 1. The van der Waals surface area contributed by atoms with Gasteiger partial charge in [0.15, 0.2) is 0 Å². The minimum Gasteiger partial charge on any atom is -0.341 e. The van der Waals surface area contributed by atoms with Crippen molar-refractivity contribution in [2.75, 3.05) is 20.1 Å². The Kier molecular flexibility index (Phi) is 6.97. The third-order valence-corrected chi connectivity index (χ3v) is 5.63. The number of nitrogens with one attached hydrogen (secondary N) is 1. The van der Waals surface area contributed by atoms with Gasteiger partial charge in [-0.1, -0.05) is 23.2 Å². The first kappa shape index (κ1) is 21.0. The van der Waals surface area contributed by atoms with Crippen LogP contribution in [0.4, 0.5) is 0 Å². The Balaban J connectivity index is 0.00000243. The highest BCUT2D eigenvalue weighted by Gasteiger charge is 2.25. The van der Waals surface area contributed by atoms with Crippen molar-refractivity contribution in [3.05, 3.63) is 45.2 Å². The largest absolute Gasteiger partial charge is 0.341 e. The van der Waals surface area contributed by atoms with Gasteiger partial charge < -0.3 is 10.2 Å². The highest BCUT2D eigenvalue weighted by atomic mass is 35.5. The molecule has 1 aliphatic heterocycles. The van der Waals surface area contributed by atoms with Crippen LogP contribution in [0.25, 0.3) is 5.69 Å². The number of benzene rings is 1. The van der Waals surface area contributed by atoms with E-state index in [4.69, 9.17) is 23.2 Å². The van der Waals surface area contributed by atoms with Crippen LogP contribution in [0.5, 0.6) is 0 Å². The smallest absolute Gasteiger partial charge is 0.227 e. The van der Waals surface area contributed by atoms with Gasteiger partial charge in [-0.15, -0.1) is 12.4 Å². The van der Waals surface area contributed by atoms with E-state index in [2.05, 4.69) is 10.4 Å². The number of amides is 1. The van der Waals surface area contributed by atoms with Gasteiger partial charge >= 0.3 is 0 Å². The third-order valence-electron chi connectivity index (χ3n) is 4.89. The van der Waals surface area contributed by atoms with Crippen LogP contribution < -0.4 is 5.32 Å². The fraction of sp³-hybridized carbons (Fsp3) is 0.444. The molecule has 0 bridgehead atoms. The molecule has 1 N–H and O–H groups in total. The normalized spacial score (nSPS) is 16.4. The Labute approximate surface area is 170 Å². The summed E-state index contributed by atoms with van der Waals surface area (Å²) in [5, 5.41) is 8.88. The van der Waals surface area contributed by atoms with Gasteiger partial charge in [0.25, 0.3) is 0 Å². The quantitative estimate of drug-likeness (QED) is 0.827. The van der Waals surface area contributed by atoms with Crippen LogP contribution >= 0.6 is 35.6 Å². The van der Waals surface area contributed by atoms with E-state index in [-0.39, 0.29) is 24.4 Å². The Bertz CT molecular complexity index is 800. The lowest BCUT2D eigenvalue weighted by molar-refractivity contribution is -0.130. The summed E-state index contributed by atoms with van der Waals surface area (Å²) in [6, 6.07) is 5.68. The number of hydrogen-bond donors (Lipinski definition) is 1. The molecule has 0 aliphatic carbocycles. The number of aryl methyl sites for hydroxylation is 1. The van der Waals surface area contributed by atoms with Gasteiger partial charge in [-0.2, -0.15) is 5.10 Å². The van der Waals surface area contributed by atoms with Crippen molar-refractivity contribution in [3.63, 3.8) is 0 Å². The first-order valence-corrected chi connectivity index (χ1v) is 9.11. The fourth-order valence-electron chi connectivity index (χ4n) is 3.25. The lowest BCUT2D eigenvalue weighted by atomic mass is 10.1. The van der Waals surface area contributed by atoms with Crippen LogP contribution in [-0.2, 0) is 11.2 Å². The number of hydrogen-bond acceptors (Lipinski definition) is 3. The van der Waals surface area contributed by atoms with E-state index < -0.39 is 0 Å². The summed E-state index contributed by atoms with van der Waals surface area (Å²) in [7, 11) is 1.88. The van der Waals surface area contributed by atoms with Crippen molar-refractivity contribution in [2.24, 2.45) is 0 Å². The molecule has 142 valence electrons. The molecule has 1 atom stereocenters. The van der Waals surface area contributed by atoms with Crippen molar-refractivity contribution in [1.29, 1.82) is 0 Å². The van der Waals surface area contributed by atoms with Crippen LogP contribution in [0.3, 0.4) is 0 Å². The summed E-state index contributed by atoms with van der Waals surface area (Å²) in [4.78, 5) is 14.5. The van der Waals surface area contributed by atoms with E-state index in [0.29, 0.717) is 16.5 Å². The van der Waals surface area contributed by atoms with Gasteiger partial charge in [0, 0.05) is 30.9 Å². The summed E-state index contributed by atoms with van der Waals surface area (Å²) < 4.78 is 1.82. The number of aromatic nitrogens is 2. The second-order valence-electron chi connectivity index (χ2n) is 6.49. The molecule has 1 aliphatic rings. The van der Waals surface area contributed by atoms with Crippen molar-refractivity contribution < 1.29 is 4.79 Å². The number of carbonyl (C=O) groups excluding carboxylic acids is 1. The van der Waals surface area contributed by atoms with Crippen LogP contribution in [-0.4, -0.2) is 46.8 Å². The SMILES string of the molecule is Cc1nn(-c2ccc(Cl)c(Cl)c2)c(C)c1CC(=O)N(C)C1CCNC1.Cl. The molecule has 26 heavy (non-hydrogen) atoms. The molecular weight excluding hydrogens is 395 g/mol. The summed E-state index contributed by atoms with van der Waals surface area (Å²) in [6.07, 6.45) is 1.36. The Morgan fingerprint density at radius 3 is 2.69 bits per heavy atom. The lowest BCUT2D eigenvalue weighted by Gasteiger charge is -2.23. The molecule has 1 aromatic heterocycles. The maximum Gasteiger partial charge on any atom is 0.227 e. The zero-order valence-corrected chi connectivity index (χ0v) is 17.4. The van der Waals surface area contributed by atoms with Gasteiger partial charge in [-0.25, -0.2) is 4.68 Å². The molecule has 1 aromatic carbocycles. The minimum absolute atomic E-state index is 0. The third kappa shape index (κ3) is 4.17. The Hall–Kier alpha value is -1.27. The highest BCUT2D eigenvalue weighted by Crippen LogP contribution is 2.26. The van der Waals surface area contributed by atoms with Crippen LogP contribution in [0.15, 0.2) is 18.2 Å². The zero-order valence-electron chi connectivity index (χ0n) is 15.1. The molecule has 1 amide bonds. The highest BCUT2D eigenvalue weighted by molar-refractivity contribution is 6.42. The monoisotopic (exact) mass is 416 g/mol. The molecule has 0 spiro atoms. The van der Waals surface area contributed by atoms with Gasteiger partial charge in [0.1, 0.15) is 0 Å². The molecule has 1 saturated heterocycles. The van der Waals surface area contributed by atoms with E-state index in [9.17, 15) is 4.79 Å². The van der Waals surface area contributed by atoms with Crippen LogP contribution in [0, 0.1) is 13.8 Å². The average molecular weight is 418 g/mol. The van der Waals surface area contributed by atoms with Gasteiger partial charge in [0.2, 0.25) is 5.91 Å². The average Bonchev–Trinajstić information content (AvgIpc) is 3.21. The summed E-state index contributed by atoms with van der Waals surface area (Å²) in [6.45, 7) is 5.74. The van der Waals surface area contributed by atoms with Gasteiger partial charge in [-0.05, 0) is 45.0 Å². The molecule has 5 nitrogen and oxygen atoms in total.